The van der Waals surface area contributed by atoms with Gasteiger partial charge in [0.15, 0.2) is 9.84 Å². The quantitative estimate of drug-likeness (QED) is 0.904. The van der Waals surface area contributed by atoms with Crippen LogP contribution in [-0.2, 0) is 14.6 Å². The van der Waals surface area contributed by atoms with Crippen LogP contribution in [0.25, 0.3) is 0 Å². The summed E-state index contributed by atoms with van der Waals surface area (Å²) in [6.07, 6.45) is 3.55. The highest BCUT2D eigenvalue weighted by Crippen LogP contribution is 2.25. The number of hydrogen-bond acceptors (Lipinski definition) is 4. The Hall–Kier alpha value is -0.880. The lowest BCUT2D eigenvalue weighted by Gasteiger charge is -2.10. The molecular weight excluding hydrogens is 270 g/mol. The van der Waals surface area contributed by atoms with Gasteiger partial charge in [-0.05, 0) is 24.3 Å². The number of carbonyl (C=O) groups excluding carboxylic acids is 1. The van der Waals surface area contributed by atoms with E-state index >= 15 is 0 Å². The Balaban J connectivity index is 1.81. The molecule has 100 valence electrons. The molecule has 1 heterocycles. The van der Waals surface area contributed by atoms with Crippen molar-refractivity contribution < 1.29 is 13.2 Å². The highest BCUT2D eigenvalue weighted by atomic mass is 32.2. The lowest BCUT2D eigenvalue weighted by atomic mass is 10.4. The average molecular weight is 287 g/mol. The van der Waals surface area contributed by atoms with Crippen LogP contribution in [-0.4, -0.2) is 25.3 Å². The Bertz CT molecular complexity index is 487. The summed E-state index contributed by atoms with van der Waals surface area (Å²) in [5, 5.41) is 6.16. The average Bonchev–Trinajstić information content (AvgIpc) is 2.99. The number of amides is 1. The van der Waals surface area contributed by atoms with E-state index in [4.69, 9.17) is 0 Å². The maximum absolute atomic E-state index is 12.0. The first kappa shape index (κ1) is 13.5. The first-order valence-corrected chi connectivity index (χ1v) is 8.77. The zero-order valence-electron chi connectivity index (χ0n) is 10.1. The van der Waals surface area contributed by atoms with Crippen LogP contribution >= 0.6 is 11.3 Å². The van der Waals surface area contributed by atoms with Gasteiger partial charge in [0.25, 0.3) is 0 Å². The molecule has 1 saturated carbocycles. The van der Waals surface area contributed by atoms with Gasteiger partial charge in [-0.2, -0.15) is 11.3 Å². The van der Waals surface area contributed by atoms with Gasteiger partial charge < -0.3 is 5.32 Å². The van der Waals surface area contributed by atoms with Crippen LogP contribution < -0.4 is 5.32 Å². The molecule has 0 spiro atoms. The predicted molar refractivity (Wildman–Crippen MR) is 73.6 cm³/mol. The van der Waals surface area contributed by atoms with E-state index in [0.717, 1.165) is 31.4 Å². The normalized spacial score (nSPS) is 16.9. The Morgan fingerprint density at radius 1 is 1.39 bits per heavy atom. The highest BCUT2D eigenvalue weighted by Gasteiger charge is 2.28. The van der Waals surface area contributed by atoms with Crippen molar-refractivity contribution in [2.75, 3.05) is 11.1 Å². The summed E-state index contributed by atoms with van der Waals surface area (Å²) < 4.78 is 23.9. The van der Waals surface area contributed by atoms with Crippen molar-refractivity contribution in [3.63, 3.8) is 0 Å². The number of nitrogens with one attached hydrogen (secondary N) is 1. The zero-order chi connectivity index (χ0) is 13.0. The molecule has 4 nitrogen and oxygen atoms in total. The number of sulfone groups is 1. The van der Waals surface area contributed by atoms with Gasteiger partial charge in [0, 0.05) is 11.8 Å². The van der Waals surface area contributed by atoms with Gasteiger partial charge in [0.05, 0.1) is 16.7 Å². The van der Waals surface area contributed by atoms with Gasteiger partial charge in [-0.25, -0.2) is 8.42 Å². The molecule has 1 amide bonds. The minimum atomic E-state index is -3.09. The zero-order valence-corrected chi connectivity index (χ0v) is 11.7. The molecule has 0 atom stereocenters. The van der Waals surface area contributed by atoms with E-state index in [0.29, 0.717) is 0 Å². The summed E-state index contributed by atoms with van der Waals surface area (Å²) in [6, 6.07) is 1.80. The molecule has 0 saturated heterocycles. The van der Waals surface area contributed by atoms with Gasteiger partial charge in [-0.15, -0.1) is 0 Å². The van der Waals surface area contributed by atoms with E-state index in [1.807, 2.05) is 10.8 Å². The van der Waals surface area contributed by atoms with Gasteiger partial charge >= 0.3 is 0 Å². The maximum atomic E-state index is 12.0. The molecule has 1 aromatic rings. The van der Waals surface area contributed by atoms with E-state index in [2.05, 4.69) is 5.32 Å². The summed E-state index contributed by atoms with van der Waals surface area (Å²) >= 11 is 1.49. The van der Waals surface area contributed by atoms with Crippen LogP contribution in [0.2, 0.25) is 0 Å². The van der Waals surface area contributed by atoms with E-state index < -0.39 is 9.84 Å². The fraction of sp³-hybridized carbons (Fsp3) is 0.583. The Labute approximate surface area is 111 Å². The Morgan fingerprint density at radius 3 is 2.72 bits per heavy atom. The summed E-state index contributed by atoms with van der Waals surface area (Å²) in [6.45, 7) is 0. The second kappa shape index (κ2) is 5.84. The fourth-order valence-electron chi connectivity index (χ4n) is 2.21. The van der Waals surface area contributed by atoms with Crippen LogP contribution in [0.4, 0.5) is 5.69 Å². The molecule has 0 radical (unpaired) electrons. The molecule has 1 aliphatic rings. The standard InChI is InChI=1S/C12H17NO3S2/c14-12(13-10-5-7-17-9-10)6-8-18(15,16)11-3-1-2-4-11/h5,7,9,11H,1-4,6,8H2,(H,13,14). The molecule has 1 N–H and O–H groups in total. The van der Waals surface area contributed by atoms with Crippen molar-refractivity contribution in [2.45, 2.75) is 37.4 Å². The van der Waals surface area contributed by atoms with Crippen LogP contribution in [0.3, 0.4) is 0 Å². The van der Waals surface area contributed by atoms with Crippen LogP contribution in [0.5, 0.6) is 0 Å². The molecule has 1 aromatic heterocycles. The smallest absolute Gasteiger partial charge is 0.225 e. The highest BCUT2D eigenvalue weighted by molar-refractivity contribution is 7.92. The van der Waals surface area contributed by atoms with Crippen LogP contribution in [0.15, 0.2) is 16.8 Å². The van der Waals surface area contributed by atoms with Crippen LogP contribution in [0, 0.1) is 0 Å². The molecule has 18 heavy (non-hydrogen) atoms. The molecule has 1 aliphatic carbocycles. The number of rotatable bonds is 5. The van der Waals surface area contributed by atoms with E-state index in [-0.39, 0.29) is 23.3 Å². The predicted octanol–water partition coefficient (Wildman–Crippen LogP) is 2.43. The number of carbonyl (C=O) groups is 1. The van der Waals surface area contributed by atoms with Gasteiger partial charge in [0.2, 0.25) is 5.91 Å². The molecule has 0 aromatic carbocycles. The molecule has 0 aliphatic heterocycles. The summed E-state index contributed by atoms with van der Waals surface area (Å²) in [7, 11) is -3.09. The van der Waals surface area contributed by atoms with Crippen LogP contribution in [0.1, 0.15) is 32.1 Å². The maximum Gasteiger partial charge on any atom is 0.225 e. The third-order valence-electron chi connectivity index (χ3n) is 3.23. The number of anilines is 1. The molecule has 0 unspecified atom stereocenters. The lowest BCUT2D eigenvalue weighted by molar-refractivity contribution is -0.115. The second-order valence-electron chi connectivity index (χ2n) is 4.58. The van der Waals surface area contributed by atoms with Crippen molar-refractivity contribution in [2.24, 2.45) is 0 Å². The third kappa shape index (κ3) is 3.55. The van der Waals surface area contributed by atoms with Crippen molar-refractivity contribution >= 4 is 32.8 Å². The largest absolute Gasteiger partial charge is 0.325 e. The Morgan fingerprint density at radius 2 is 2.11 bits per heavy atom. The third-order valence-corrected chi connectivity index (χ3v) is 6.17. The van der Waals surface area contributed by atoms with Crippen molar-refractivity contribution in [1.29, 1.82) is 0 Å². The number of thiophene rings is 1. The number of hydrogen-bond donors (Lipinski definition) is 1. The van der Waals surface area contributed by atoms with Gasteiger partial charge in [-0.1, -0.05) is 12.8 Å². The lowest BCUT2D eigenvalue weighted by Crippen LogP contribution is -2.24. The monoisotopic (exact) mass is 287 g/mol. The Kier molecular flexibility index (Phi) is 4.40. The summed E-state index contributed by atoms with van der Waals surface area (Å²) in [5.74, 6) is -0.261. The first-order chi connectivity index (χ1) is 8.58. The van der Waals surface area contributed by atoms with E-state index in [1.165, 1.54) is 11.3 Å². The minimum Gasteiger partial charge on any atom is -0.325 e. The van der Waals surface area contributed by atoms with E-state index in [9.17, 15) is 13.2 Å². The van der Waals surface area contributed by atoms with Gasteiger partial charge in [0.1, 0.15) is 0 Å². The SMILES string of the molecule is O=C(CCS(=O)(=O)C1CCCC1)Nc1ccsc1. The topological polar surface area (TPSA) is 63.2 Å². The minimum absolute atomic E-state index is 0.0341. The van der Waals surface area contributed by atoms with Crippen molar-refractivity contribution in [3.8, 4) is 0 Å². The van der Waals surface area contributed by atoms with Crippen molar-refractivity contribution in [1.82, 2.24) is 0 Å². The molecule has 6 heteroatoms. The summed E-state index contributed by atoms with van der Waals surface area (Å²) in [4.78, 5) is 11.6. The molecule has 1 fully saturated rings. The summed E-state index contributed by atoms with van der Waals surface area (Å²) in [5.41, 5.74) is 0.739. The molecule has 2 rings (SSSR count). The van der Waals surface area contributed by atoms with Crippen molar-refractivity contribution in [3.05, 3.63) is 16.8 Å². The fourth-order valence-corrected chi connectivity index (χ4v) is 4.65. The molecule has 0 bridgehead atoms. The van der Waals surface area contributed by atoms with E-state index in [1.54, 1.807) is 6.07 Å². The first-order valence-electron chi connectivity index (χ1n) is 6.11. The second-order valence-corrected chi connectivity index (χ2v) is 7.76. The van der Waals surface area contributed by atoms with Gasteiger partial charge in [-0.3, -0.25) is 4.79 Å². The molecular formula is C12H17NO3S2.